The van der Waals surface area contributed by atoms with Crippen LogP contribution in [-0.4, -0.2) is 12.2 Å². The molecule has 0 saturated carbocycles. The van der Waals surface area contributed by atoms with E-state index >= 15 is 0 Å². The van der Waals surface area contributed by atoms with Gasteiger partial charge in [0.15, 0.2) is 0 Å². The standard InChI is InChI=1S/C16H19NO2/c1-16(2,18)13-9-12(10-14(17)15(13)19-3)11-7-5-4-6-8-11/h4-10,18H,17H2,1-3H3. The summed E-state index contributed by atoms with van der Waals surface area (Å²) in [7, 11) is 1.56. The SMILES string of the molecule is COc1c(N)cc(-c2ccccc2)cc1C(C)(C)O. The van der Waals surface area contributed by atoms with E-state index < -0.39 is 5.60 Å². The molecular weight excluding hydrogens is 238 g/mol. The summed E-state index contributed by atoms with van der Waals surface area (Å²) in [5, 5.41) is 10.3. The second-order valence-corrected chi connectivity index (χ2v) is 5.07. The van der Waals surface area contributed by atoms with Gasteiger partial charge >= 0.3 is 0 Å². The molecule has 0 heterocycles. The van der Waals surface area contributed by atoms with E-state index in [1.807, 2.05) is 42.5 Å². The first-order valence-corrected chi connectivity index (χ1v) is 6.19. The molecule has 0 amide bonds. The molecule has 2 aromatic rings. The highest BCUT2D eigenvalue weighted by Crippen LogP contribution is 2.38. The van der Waals surface area contributed by atoms with Crippen molar-refractivity contribution in [2.75, 3.05) is 12.8 Å². The number of benzene rings is 2. The Bertz CT molecular complexity index is 571. The molecule has 0 fully saturated rings. The van der Waals surface area contributed by atoms with Crippen molar-refractivity contribution >= 4 is 5.69 Å². The van der Waals surface area contributed by atoms with Gasteiger partial charge in [-0.2, -0.15) is 0 Å². The molecule has 2 aromatic carbocycles. The van der Waals surface area contributed by atoms with E-state index in [2.05, 4.69) is 0 Å². The van der Waals surface area contributed by atoms with E-state index in [1.54, 1.807) is 21.0 Å². The highest BCUT2D eigenvalue weighted by Gasteiger charge is 2.23. The Morgan fingerprint density at radius 3 is 2.21 bits per heavy atom. The van der Waals surface area contributed by atoms with Crippen molar-refractivity contribution in [3.63, 3.8) is 0 Å². The van der Waals surface area contributed by atoms with Gasteiger partial charge in [-0.25, -0.2) is 0 Å². The fourth-order valence-corrected chi connectivity index (χ4v) is 2.13. The molecule has 0 aliphatic rings. The zero-order valence-corrected chi connectivity index (χ0v) is 11.5. The average Bonchev–Trinajstić information content (AvgIpc) is 2.37. The van der Waals surface area contributed by atoms with Gasteiger partial charge < -0.3 is 15.6 Å². The minimum absolute atomic E-state index is 0.529. The number of hydrogen-bond acceptors (Lipinski definition) is 3. The second-order valence-electron chi connectivity index (χ2n) is 5.07. The summed E-state index contributed by atoms with van der Waals surface area (Å²) in [5.74, 6) is 0.534. The maximum atomic E-state index is 10.3. The first-order valence-electron chi connectivity index (χ1n) is 6.19. The lowest BCUT2D eigenvalue weighted by Crippen LogP contribution is -2.17. The molecule has 0 atom stereocenters. The summed E-state index contributed by atoms with van der Waals surface area (Å²) in [6, 6.07) is 13.7. The quantitative estimate of drug-likeness (QED) is 0.830. The average molecular weight is 257 g/mol. The van der Waals surface area contributed by atoms with Crippen molar-refractivity contribution in [1.29, 1.82) is 0 Å². The Labute approximate surface area is 113 Å². The molecular formula is C16H19NO2. The van der Waals surface area contributed by atoms with E-state index in [-0.39, 0.29) is 0 Å². The predicted octanol–water partition coefficient (Wildman–Crippen LogP) is 3.17. The molecule has 100 valence electrons. The molecule has 0 unspecified atom stereocenters. The summed E-state index contributed by atoms with van der Waals surface area (Å²) in [6.45, 7) is 3.44. The number of ether oxygens (including phenoxy) is 1. The van der Waals surface area contributed by atoms with Gasteiger partial charge in [-0.3, -0.25) is 0 Å². The van der Waals surface area contributed by atoms with Crippen molar-refractivity contribution in [1.82, 2.24) is 0 Å². The molecule has 0 aromatic heterocycles. The van der Waals surface area contributed by atoms with Crippen LogP contribution in [0.15, 0.2) is 42.5 Å². The summed E-state index contributed by atoms with van der Waals surface area (Å²) in [5.41, 5.74) is 8.26. The summed E-state index contributed by atoms with van der Waals surface area (Å²) < 4.78 is 5.31. The molecule has 0 aliphatic heterocycles. The molecule has 0 bridgehead atoms. The van der Waals surface area contributed by atoms with E-state index in [4.69, 9.17) is 10.5 Å². The lowest BCUT2D eigenvalue weighted by molar-refractivity contribution is 0.0758. The number of hydrogen-bond donors (Lipinski definition) is 2. The van der Waals surface area contributed by atoms with E-state index in [1.165, 1.54) is 0 Å². The molecule has 2 rings (SSSR count). The van der Waals surface area contributed by atoms with Gasteiger partial charge in [-0.05, 0) is 37.1 Å². The molecule has 0 radical (unpaired) electrons. The van der Waals surface area contributed by atoms with Gasteiger partial charge in [0, 0.05) is 5.56 Å². The van der Waals surface area contributed by atoms with Gasteiger partial charge in [-0.1, -0.05) is 30.3 Å². The monoisotopic (exact) mass is 257 g/mol. The zero-order valence-electron chi connectivity index (χ0n) is 11.5. The van der Waals surface area contributed by atoms with Gasteiger partial charge in [0.05, 0.1) is 18.4 Å². The molecule has 0 saturated heterocycles. The van der Waals surface area contributed by atoms with Gasteiger partial charge in [0.2, 0.25) is 0 Å². The van der Waals surface area contributed by atoms with E-state index in [0.717, 1.165) is 11.1 Å². The minimum Gasteiger partial charge on any atom is -0.494 e. The van der Waals surface area contributed by atoms with Crippen LogP contribution >= 0.6 is 0 Å². The Morgan fingerprint density at radius 2 is 1.68 bits per heavy atom. The summed E-state index contributed by atoms with van der Waals surface area (Å²) in [4.78, 5) is 0. The maximum Gasteiger partial charge on any atom is 0.147 e. The highest BCUT2D eigenvalue weighted by atomic mass is 16.5. The van der Waals surface area contributed by atoms with Crippen LogP contribution in [0.25, 0.3) is 11.1 Å². The van der Waals surface area contributed by atoms with Gasteiger partial charge in [-0.15, -0.1) is 0 Å². The number of rotatable bonds is 3. The lowest BCUT2D eigenvalue weighted by atomic mass is 9.92. The smallest absolute Gasteiger partial charge is 0.147 e. The summed E-state index contributed by atoms with van der Waals surface area (Å²) in [6.07, 6.45) is 0. The number of anilines is 1. The Balaban J connectivity index is 2.64. The van der Waals surface area contributed by atoms with Crippen molar-refractivity contribution < 1.29 is 9.84 Å². The van der Waals surface area contributed by atoms with Crippen LogP contribution in [0, 0.1) is 0 Å². The zero-order chi connectivity index (χ0) is 14.0. The third kappa shape index (κ3) is 2.71. The number of aliphatic hydroxyl groups is 1. The van der Waals surface area contributed by atoms with Gasteiger partial charge in [0.25, 0.3) is 0 Å². The van der Waals surface area contributed by atoms with Crippen molar-refractivity contribution in [3.05, 3.63) is 48.0 Å². The number of nitrogens with two attached hydrogens (primary N) is 1. The molecule has 3 nitrogen and oxygen atoms in total. The first kappa shape index (κ1) is 13.4. The number of methoxy groups -OCH3 is 1. The maximum absolute atomic E-state index is 10.3. The fourth-order valence-electron chi connectivity index (χ4n) is 2.13. The Hall–Kier alpha value is -2.00. The number of nitrogen functional groups attached to an aromatic ring is 1. The molecule has 19 heavy (non-hydrogen) atoms. The van der Waals surface area contributed by atoms with E-state index in [0.29, 0.717) is 17.0 Å². The molecule has 3 N–H and O–H groups in total. The highest BCUT2D eigenvalue weighted by molar-refractivity contribution is 5.73. The predicted molar refractivity (Wildman–Crippen MR) is 78.1 cm³/mol. The topological polar surface area (TPSA) is 55.5 Å². The normalized spacial score (nSPS) is 11.4. The van der Waals surface area contributed by atoms with Crippen LogP contribution < -0.4 is 10.5 Å². The van der Waals surface area contributed by atoms with Crippen molar-refractivity contribution in [3.8, 4) is 16.9 Å². The van der Waals surface area contributed by atoms with Crippen molar-refractivity contribution in [2.45, 2.75) is 19.4 Å². The largest absolute Gasteiger partial charge is 0.494 e. The van der Waals surface area contributed by atoms with E-state index in [9.17, 15) is 5.11 Å². The molecule has 0 spiro atoms. The third-order valence-electron chi connectivity index (χ3n) is 3.09. The van der Waals surface area contributed by atoms with Crippen molar-refractivity contribution in [2.24, 2.45) is 0 Å². The third-order valence-corrected chi connectivity index (χ3v) is 3.09. The Morgan fingerprint density at radius 1 is 1.05 bits per heavy atom. The van der Waals surface area contributed by atoms with Crippen LogP contribution in [-0.2, 0) is 5.60 Å². The molecule has 3 heteroatoms. The van der Waals surface area contributed by atoms with Crippen LogP contribution in [0.1, 0.15) is 19.4 Å². The lowest BCUT2D eigenvalue weighted by Gasteiger charge is -2.23. The van der Waals surface area contributed by atoms with Crippen LogP contribution in [0.5, 0.6) is 5.75 Å². The van der Waals surface area contributed by atoms with Crippen LogP contribution in [0.2, 0.25) is 0 Å². The van der Waals surface area contributed by atoms with Crippen LogP contribution in [0.3, 0.4) is 0 Å². The molecule has 0 aliphatic carbocycles. The minimum atomic E-state index is -1.01. The fraction of sp³-hybridized carbons (Fsp3) is 0.250. The Kier molecular flexibility index (Phi) is 3.49. The second kappa shape index (κ2) is 4.94. The first-order chi connectivity index (χ1) is 8.93. The van der Waals surface area contributed by atoms with Crippen LogP contribution in [0.4, 0.5) is 5.69 Å². The van der Waals surface area contributed by atoms with Gasteiger partial charge in [0.1, 0.15) is 5.75 Å². The summed E-state index contributed by atoms with van der Waals surface area (Å²) >= 11 is 0.